The third kappa shape index (κ3) is 3.81. The Kier molecular flexibility index (Phi) is 4.74. The van der Waals surface area contributed by atoms with Gasteiger partial charge in [0.2, 0.25) is 10.0 Å². The van der Waals surface area contributed by atoms with E-state index >= 15 is 0 Å². The lowest BCUT2D eigenvalue weighted by Crippen LogP contribution is -2.29. The molecule has 1 heterocycles. The molecule has 0 aliphatic rings. The van der Waals surface area contributed by atoms with Crippen LogP contribution in [0.5, 0.6) is 0 Å². The van der Waals surface area contributed by atoms with E-state index in [0.29, 0.717) is 12.1 Å². The number of aromatic nitrogens is 1. The number of rotatable bonds is 6. The highest BCUT2D eigenvalue weighted by Crippen LogP contribution is 2.15. The van der Waals surface area contributed by atoms with Crippen LogP contribution < -0.4 is 4.31 Å². The Morgan fingerprint density at radius 2 is 1.85 bits per heavy atom. The first-order valence-corrected chi connectivity index (χ1v) is 8.11. The molecule has 2 aromatic rings. The normalized spacial score (nSPS) is 11.2. The van der Waals surface area contributed by atoms with Gasteiger partial charge in [-0.2, -0.15) is 0 Å². The van der Waals surface area contributed by atoms with Gasteiger partial charge in [0.25, 0.3) is 0 Å². The number of hydrogen-bond donors (Lipinski definition) is 0. The first-order valence-electron chi connectivity index (χ1n) is 6.50. The average Bonchev–Trinajstić information content (AvgIpc) is 2.48. The van der Waals surface area contributed by atoms with E-state index in [1.165, 1.54) is 4.31 Å². The van der Waals surface area contributed by atoms with Gasteiger partial charge in [0.15, 0.2) is 0 Å². The molecule has 0 aliphatic heterocycles. The Labute approximate surface area is 120 Å². The number of nitrogens with zero attached hydrogens (tertiary/aromatic N) is 2. The summed E-state index contributed by atoms with van der Waals surface area (Å²) in [4.78, 5) is 3.94. The lowest BCUT2D eigenvalue weighted by Gasteiger charge is -2.18. The van der Waals surface area contributed by atoms with Crippen molar-refractivity contribution in [1.82, 2.24) is 4.98 Å². The molecular formula is C15H18N2O2S. The van der Waals surface area contributed by atoms with E-state index in [-0.39, 0.29) is 5.75 Å². The van der Waals surface area contributed by atoms with Crippen molar-refractivity contribution in [2.24, 2.45) is 0 Å². The Morgan fingerprint density at radius 1 is 1.10 bits per heavy atom. The Morgan fingerprint density at radius 3 is 2.50 bits per heavy atom. The van der Waals surface area contributed by atoms with E-state index in [4.69, 9.17) is 0 Å². The smallest absolute Gasteiger partial charge is 0.234 e. The van der Waals surface area contributed by atoms with Gasteiger partial charge < -0.3 is 0 Å². The van der Waals surface area contributed by atoms with Crippen molar-refractivity contribution in [2.45, 2.75) is 12.8 Å². The summed E-state index contributed by atoms with van der Waals surface area (Å²) >= 11 is 0. The van der Waals surface area contributed by atoms with Gasteiger partial charge in [-0.25, -0.2) is 8.42 Å². The molecule has 4 nitrogen and oxygen atoms in total. The molecule has 0 N–H and O–H groups in total. The van der Waals surface area contributed by atoms with E-state index in [1.54, 1.807) is 31.6 Å². The van der Waals surface area contributed by atoms with Crippen molar-refractivity contribution in [1.29, 1.82) is 0 Å². The lowest BCUT2D eigenvalue weighted by molar-refractivity contribution is 0.591. The zero-order chi connectivity index (χ0) is 14.4. The van der Waals surface area contributed by atoms with Crippen LogP contribution in [0, 0.1) is 0 Å². The van der Waals surface area contributed by atoms with Gasteiger partial charge in [0, 0.05) is 13.2 Å². The van der Waals surface area contributed by atoms with Gasteiger partial charge in [-0.3, -0.25) is 9.29 Å². The summed E-state index contributed by atoms with van der Waals surface area (Å²) in [5.74, 6) is 0.132. The second-order valence-electron chi connectivity index (χ2n) is 4.58. The maximum absolute atomic E-state index is 12.2. The summed E-state index contributed by atoms with van der Waals surface area (Å²) in [5.41, 5.74) is 1.75. The third-order valence-corrected chi connectivity index (χ3v) is 4.99. The number of anilines is 1. The SMILES string of the molecule is CN(c1cccnc1)S(=O)(=O)CCCc1ccccc1. The topological polar surface area (TPSA) is 50.3 Å². The van der Waals surface area contributed by atoms with E-state index in [9.17, 15) is 8.42 Å². The highest BCUT2D eigenvalue weighted by Gasteiger charge is 2.17. The second-order valence-corrected chi connectivity index (χ2v) is 6.70. The summed E-state index contributed by atoms with van der Waals surface area (Å²) in [6, 6.07) is 13.4. The number of pyridine rings is 1. The molecule has 0 unspecified atom stereocenters. The van der Waals surface area contributed by atoms with Crippen LogP contribution in [0.15, 0.2) is 54.9 Å². The van der Waals surface area contributed by atoms with Crippen LogP contribution in [0.3, 0.4) is 0 Å². The van der Waals surface area contributed by atoms with Crippen molar-refractivity contribution >= 4 is 15.7 Å². The minimum Gasteiger partial charge on any atom is -0.272 e. The molecule has 0 saturated heterocycles. The van der Waals surface area contributed by atoms with E-state index < -0.39 is 10.0 Å². The molecule has 0 radical (unpaired) electrons. The van der Waals surface area contributed by atoms with Crippen molar-refractivity contribution in [3.8, 4) is 0 Å². The van der Waals surface area contributed by atoms with Crippen molar-refractivity contribution in [3.63, 3.8) is 0 Å². The molecule has 0 atom stereocenters. The predicted octanol–water partition coefficient (Wildman–Crippen LogP) is 2.48. The largest absolute Gasteiger partial charge is 0.272 e. The molecule has 0 spiro atoms. The van der Waals surface area contributed by atoms with E-state index in [1.807, 2.05) is 30.3 Å². The molecule has 0 amide bonds. The van der Waals surface area contributed by atoms with Crippen molar-refractivity contribution in [2.75, 3.05) is 17.1 Å². The molecule has 1 aromatic carbocycles. The maximum atomic E-state index is 12.2. The van der Waals surface area contributed by atoms with Crippen LogP contribution in [-0.2, 0) is 16.4 Å². The van der Waals surface area contributed by atoms with Crippen LogP contribution >= 0.6 is 0 Å². The quantitative estimate of drug-likeness (QED) is 0.821. The van der Waals surface area contributed by atoms with Gasteiger partial charge >= 0.3 is 0 Å². The zero-order valence-corrected chi connectivity index (χ0v) is 12.3. The third-order valence-electron chi connectivity index (χ3n) is 3.14. The molecule has 1 aromatic heterocycles. The highest BCUT2D eigenvalue weighted by atomic mass is 32.2. The average molecular weight is 290 g/mol. The molecule has 0 fully saturated rings. The van der Waals surface area contributed by atoms with Crippen LogP contribution in [0.2, 0.25) is 0 Å². The van der Waals surface area contributed by atoms with Gasteiger partial charge in [-0.1, -0.05) is 30.3 Å². The molecular weight excluding hydrogens is 272 g/mol. The van der Waals surface area contributed by atoms with Gasteiger partial charge in [0.05, 0.1) is 17.6 Å². The monoisotopic (exact) mass is 290 g/mol. The van der Waals surface area contributed by atoms with Crippen LogP contribution in [0.4, 0.5) is 5.69 Å². The minimum absolute atomic E-state index is 0.132. The molecule has 106 valence electrons. The summed E-state index contributed by atoms with van der Waals surface area (Å²) in [5, 5.41) is 0. The Hall–Kier alpha value is -1.88. The fraction of sp³-hybridized carbons (Fsp3) is 0.267. The number of sulfonamides is 1. The molecule has 0 aliphatic carbocycles. The standard InChI is InChI=1S/C15H18N2O2S/c1-17(15-10-5-11-16-13-15)20(18,19)12-6-9-14-7-3-2-4-8-14/h2-5,7-8,10-11,13H,6,9,12H2,1H3. The molecule has 0 saturated carbocycles. The zero-order valence-electron chi connectivity index (χ0n) is 11.4. The van der Waals surface area contributed by atoms with Crippen molar-refractivity contribution in [3.05, 3.63) is 60.4 Å². The van der Waals surface area contributed by atoms with Crippen LogP contribution in [-0.4, -0.2) is 26.2 Å². The molecule has 20 heavy (non-hydrogen) atoms. The minimum atomic E-state index is -3.29. The first kappa shape index (κ1) is 14.5. The van der Waals surface area contributed by atoms with Gasteiger partial charge in [-0.05, 0) is 30.5 Å². The second kappa shape index (κ2) is 6.52. The Bertz CT molecular complexity index is 627. The summed E-state index contributed by atoms with van der Waals surface area (Å²) in [7, 11) is -1.73. The Balaban J connectivity index is 1.94. The molecule has 2 rings (SSSR count). The van der Waals surface area contributed by atoms with Crippen LogP contribution in [0.1, 0.15) is 12.0 Å². The fourth-order valence-electron chi connectivity index (χ4n) is 1.94. The lowest BCUT2D eigenvalue weighted by atomic mass is 10.1. The van der Waals surface area contributed by atoms with E-state index in [0.717, 1.165) is 12.0 Å². The van der Waals surface area contributed by atoms with E-state index in [2.05, 4.69) is 4.98 Å². The molecule has 0 bridgehead atoms. The summed E-state index contributed by atoms with van der Waals surface area (Å²) < 4.78 is 25.7. The van der Waals surface area contributed by atoms with Crippen LogP contribution in [0.25, 0.3) is 0 Å². The number of aryl methyl sites for hydroxylation is 1. The number of hydrogen-bond acceptors (Lipinski definition) is 3. The van der Waals surface area contributed by atoms with Gasteiger partial charge in [-0.15, -0.1) is 0 Å². The van der Waals surface area contributed by atoms with Gasteiger partial charge in [0.1, 0.15) is 0 Å². The fourth-order valence-corrected chi connectivity index (χ4v) is 3.15. The molecule has 5 heteroatoms. The number of benzene rings is 1. The van der Waals surface area contributed by atoms with Crippen molar-refractivity contribution < 1.29 is 8.42 Å². The highest BCUT2D eigenvalue weighted by molar-refractivity contribution is 7.92. The summed E-state index contributed by atoms with van der Waals surface area (Å²) in [6.07, 6.45) is 4.55. The maximum Gasteiger partial charge on any atom is 0.234 e. The first-order chi connectivity index (χ1) is 9.59. The predicted molar refractivity (Wildman–Crippen MR) is 81.2 cm³/mol. The summed E-state index contributed by atoms with van der Waals surface area (Å²) in [6.45, 7) is 0.